The highest BCUT2D eigenvalue weighted by Gasteiger charge is 2.41. The van der Waals surface area contributed by atoms with Gasteiger partial charge in [0, 0.05) is 45.1 Å². The maximum absolute atomic E-state index is 12.4. The fourth-order valence-electron chi connectivity index (χ4n) is 5.99. The number of likely N-dealkylation sites (tertiary alicyclic amines) is 1. The number of aliphatic carboxylic acids is 1. The molecule has 1 unspecified atom stereocenters. The number of hydrogen-bond donors (Lipinski definition) is 2. The highest BCUT2D eigenvalue weighted by atomic mass is 16.5. The molecule has 0 bridgehead atoms. The summed E-state index contributed by atoms with van der Waals surface area (Å²) in [6.45, 7) is 6.77. The quantitative estimate of drug-likeness (QED) is 0.425. The van der Waals surface area contributed by atoms with Crippen LogP contribution in [0.15, 0.2) is 36.4 Å². The molecule has 5 rings (SSSR count). The van der Waals surface area contributed by atoms with Crippen LogP contribution in [0, 0.1) is 0 Å². The summed E-state index contributed by atoms with van der Waals surface area (Å²) in [7, 11) is 0. The number of carbonyl (C=O) groups is 1. The number of unbranched alkanes of at least 4 members (excludes halogenated alkanes) is 2. The maximum atomic E-state index is 12.4. The average Bonchev–Trinajstić information content (AvgIpc) is 2.89. The summed E-state index contributed by atoms with van der Waals surface area (Å²) in [5.41, 5.74) is 4.53. The fourth-order valence-corrected chi connectivity index (χ4v) is 5.99. The zero-order valence-electron chi connectivity index (χ0n) is 22.1. The van der Waals surface area contributed by atoms with Crippen LogP contribution in [-0.4, -0.2) is 66.5 Å². The van der Waals surface area contributed by atoms with Crippen LogP contribution in [0.4, 0.5) is 5.82 Å². The van der Waals surface area contributed by atoms with E-state index in [0.717, 1.165) is 88.3 Å². The van der Waals surface area contributed by atoms with Crippen molar-refractivity contribution in [1.82, 2.24) is 9.88 Å². The van der Waals surface area contributed by atoms with Gasteiger partial charge in [-0.15, -0.1) is 0 Å². The molecule has 7 nitrogen and oxygen atoms in total. The van der Waals surface area contributed by atoms with Crippen LogP contribution in [0.2, 0.25) is 0 Å². The van der Waals surface area contributed by atoms with Crippen LogP contribution in [0.1, 0.15) is 73.9 Å². The van der Waals surface area contributed by atoms with E-state index in [1.54, 1.807) is 0 Å². The van der Waals surface area contributed by atoms with Gasteiger partial charge in [-0.1, -0.05) is 43.7 Å². The Balaban J connectivity index is 1.06. The van der Waals surface area contributed by atoms with Crippen LogP contribution in [-0.2, 0) is 32.5 Å². The Morgan fingerprint density at radius 3 is 2.81 bits per heavy atom. The molecule has 0 radical (unpaired) electrons. The Bertz CT molecular complexity index is 1060. The topological polar surface area (TPSA) is 83.9 Å². The minimum absolute atomic E-state index is 0.0472. The molecule has 2 aromatic rings. The second kappa shape index (κ2) is 11.9. The van der Waals surface area contributed by atoms with Crippen LogP contribution in [0.25, 0.3) is 0 Å². The van der Waals surface area contributed by atoms with Gasteiger partial charge in [0.2, 0.25) is 0 Å². The second-order valence-electron chi connectivity index (χ2n) is 11.1. The monoisotopic (exact) mass is 507 g/mol. The standard InChI is InChI=1S/C30H41N3O4/c1-30(14-18-36-19-15-30)26-11-5-4-10-25(26)27(29(34)35)33-20-24(21-33)37-17-6-2-3-9-23-13-12-22-8-7-16-31-28(22)32-23/h4-5,10-13,24,27H,2-3,6-9,14-21H2,1H3,(H,31,32)(H,34,35). The summed E-state index contributed by atoms with van der Waals surface area (Å²) < 4.78 is 11.7. The third-order valence-corrected chi connectivity index (χ3v) is 8.36. The Labute approximate surface area is 220 Å². The van der Waals surface area contributed by atoms with Crippen molar-refractivity contribution in [1.29, 1.82) is 0 Å². The van der Waals surface area contributed by atoms with Gasteiger partial charge >= 0.3 is 5.97 Å². The summed E-state index contributed by atoms with van der Waals surface area (Å²) in [5.74, 6) is 0.290. The van der Waals surface area contributed by atoms with Crippen molar-refractivity contribution < 1.29 is 19.4 Å². The van der Waals surface area contributed by atoms with E-state index in [1.165, 1.54) is 17.7 Å². The van der Waals surface area contributed by atoms with E-state index in [0.29, 0.717) is 13.1 Å². The number of carboxylic acids is 1. The predicted molar refractivity (Wildman–Crippen MR) is 144 cm³/mol. The third kappa shape index (κ3) is 6.16. The van der Waals surface area contributed by atoms with Crippen molar-refractivity contribution >= 4 is 11.8 Å². The highest BCUT2D eigenvalue weighted by molar-refractivity contribution is 5.76. The molecule has 1 aromatic heterocycles. The van der Waals surface area contributed by atoms with Gasteiger partial charge in [-0.05, 0) is 73.1 Å². The number of nitrogens with one attached hydrogen (secondary N) is 1. The predicted octanol–water partition coefficient (Wildman–Crippen LogP) is 4.75. The van der Waals surface area contributed by atoms with E-state index in [-0.39, 0.29) is 11.5 Å². The molecule has 0 amide bonds. The smallest absolute Gasteiger partial charge is 0.325 e. The molecule has 2 N–H and O–H groups in total. The second-order valence-corrected chi connectivity index (χ2v) is 11.1. The van der Waals surface area contributed by atoms with Gasteiger partial charge in [0.15, 0.2) is 0 Å². The summed E-state index contributed by atoms with van der Waals surface area (Å²) in [4.78, 5) is 19.2. The lowest BCUT2D eigenvalue weighted by Crippen LogP contribution is -2.55. The normalized spacial score (nSPS) is 20.5. The van der Waals surface area contributed by atoms with E-state index in [9.17, 15) is 9.90 Å². The molecule has 37 heavy (non-hydrogen) atoms. The molecule has 7 heteroatoms. The van der Waals surface area contributed by atoms with Crippen molar-refractivity contribution in [2.45, 2.75) is 75.9 Å². The summed E-state index contributed by atoms with van der Waals surface area (Å²) in [6.07, 6.45) is 8.49. The number of pyridine rings is 1. The van der Waals surface area contributed by atoms with Gasteiger partial charge in [0.25, 0.3) is 0 Å². The van der Waals surface area contributed by atoms with Gasteiger partial charge in [0.05, 0.1) is 6.10 Å². The maximum Gasteiger partial charge on any atom is 0.325 e. The number of benzene rings is 1. The summed E-state index contributed by atoms with van der Waals surface area (Å²) >= 11 is 0. The molecule has 0 aliphatic carbocycles. The van der Waals surface area contributed by atoms with Crippen molar-refractivity contribution in [3.8, 4) is 0 Å². The van der Waals surface area contributed by atoms with E-state index < -0.39 is 12.0 Å². The van der Waals surface area contributed by atoms with Gasteiger partial charge in [-0.3, -0.25) is 9.69 Å². The number of nitrogens with zero attached hydrogens (tertiary/aromatic N) is 2. The Kier molecular flexibility index (Phi) is 8.43. The molecule has 2 saturated heterocycles. The molecule has 3 aliphatic rings. The molecule has 1 atom stereocenters. The molecular weight excluding hydrogens is 466 g/mol. The molecule has 0 spiro atoms. The van der Waals surface area contributed by atoms with Crippen molar-refractivity contribution in [3.63, 3.8) is 0 Å². The van der Waals surface area contributed by atoms with E-state index in [4.69, 9.17) is 14.5 Å². The van der Waals surface area contributed by atoms with Crippen LogP contribution >= 0.6 is 0 Å². The molecular formula is C30H41N3O4. The molecule has 1 aromatic carbocycles. The van der Waals surface area contributed by atoms with Gasteiger partial charge in [0.1, 0.15) is 11.9 Å². The summed E-state index contributed by atoms with van der Waals surface area (Å²) in [5, 5.41) is 13.6. The lowest BCUT2D eigenvalue weighted by atomic mass is 9.73. The van der Waals surface area contributed by atoms with Gasteiger partial charge in [-0.2, -0.15) is 0 Å². The minimum Gasteiger partial charge on any atom is -0.480 e. The summed E-state index contributed by atoms with van der Waals surface area (Å²) in [6, 6.07) is 11.9. The Morgan fingerprint density at radius 2 is 2.00 bits per heavy atom. The van der Waals surface area contributed by atoms with Crippen LogP contribution in [0.5, 0.6) is 0 Å². The van der Waals surface area contributed by atoms with Crippen molar-refractivity contribution in [3.05, 3.63) is 58.8 Å². The van der Waals surface area contributed by atoms with Gasteiger partial charge < -0.3 is 19.9 Å². The minimum atomic E-state index is -0.785. The van der Waals surface area contributed by atoms with Crippen molar-refractivity contribution in [2.24, 2.45) is 0 Å². The molecule has 4 heterocycles. The third-order valence-electron chi connectivity index (χ3n) is 8.36. The largest absolute Gasteiger partial charge is 0.480 e. The number of rotatable bonds is 11. The van der Waals surface area contributed by atoms with Crippen LogP contribution < -0.4 is 5.32 Å². The molecule has 3 aliphatic heterocycles. The Hall–Kier alpha value is -2.48. The van der Waals surface area contributed by atoms with E-state index >= 15 is 0 Å². The number of carboxylic acid groups (broad SMARTS) is 1. The molecule has 2 fully saturated rings. The number of fused-ring (bicyclic) bond motifs is 1. The first kappa shape index (κ1) is 26.1. The Morgan fingerprint density at radius 1 is 1.19 bits per heavy atom. The molecule has 200 valence electrons. The van der Waals surface area contributed by atoms with Crippen molar-refractivity contribution in [2.75, 3.05) is 44.8 Å². The molecule has 0 saturated carbocycles. The highest BCUT2D eigenvalue weighted by Crippen LogP contribution is 2.40. The first-order chi connectivity index (χ1) is 18.0. The average molecular weight is 508 g/mol. The zero-order valence-corrected chi connectivity index (χ0v) is 22.1. The van der Waals surface area contributed by atoms with Gasteiger partial charge in [-0.25, -0.2) is 4.98 Å². The lowest BCUT2D eigenvalue weighted by molar-refractivity contribution is -0.151. The first-order valence-electron chi connectivity index (χ1n) is 14.0. The van der Waals surface area contributed by atoms with E-state index in [1.807, 2.05) is 23.1 Å². The van der Waals surface area contributed by atoms with E-state index in [2.05, 4.69) is 30.4 Å². The fraction of sp³-hybridized carbons (Fsp3) is 0.600. The number of ether oxygens (including phenoxy) is 2. The zero-order chi connectivity index (χ0) is 25.7. The number of anilines is 1. The number of aryl methyl sites for hydroxylation is 2. The lowest BCUT2D eigenvalue weighted by Gasteiger charge is -2.44. The van der Waals surface area contributed by atoms with Crippen LogP contribution in [0.3, 0.4) is 0 Å². The number of aromatic nitrogens is 1. The SMILES string of the molecule is CC1(c2ccccc2C(C(=O)O)N2CC(OCCCCCc3ccc4c(n3)NCCC4)C2)CCOCC1. The number of hydrogen-bond acceptors (Lipinski definition) is 6. The first-order valence-corrected chi connectivity index (χ1v) is 14.0.